The van der Waals surface area contributed by atoms with E-state index in [0.29, 0.717) is 0 Å². The summed E-state index contributed by atoms with van der Waals surface area (Å²) in [5, 5.41) is 12.9. The van der Waals surface area contributed by atoms with Gasteiger partial charge in [-0.25, -0.2) is 9.78 Å². The molecule has 0 aliphatic heterocycles. The molecule has 1 aromatic heterocycles. The van der Waals surface area contributed by atoms with Crippen LogP contribution >= 0.6 is 11.3 Å². The van der Waals surface area contributed by atoms with Crippen molar-refractivity contribution in [2.24, 2.45) is 0 Å². The summed E-state index contributed by atoms with van der Waals surface area (Å²) < 4.78 is 5.99. The highest BCUT2D eigenvalue weighted by atomic mass is 32.1. The number of aromatic nitrogens is 1. The fourth-order valence-electron chi connectivity index (χ4n) is 2.37. The summed E-state index contributed by atoms with van der Waals surface area (Å²) in [6.45, 7) is 4.00. The molecule has 0 unspecified atom stereocenters. The molecule has 3 rings (SSSR count). The summed E-state index contributed by atoms with van der Waals surface area (Å²) in [6, 6.07) is 15.7. The van der Waals surface area contributed by atoms with Crippen molar-refractivity contribution in [3.05, 3.63) is 59.8 Å². The van der Waals surface area contributed by atoms with E-state index >= 15 is 0 Å². The minimum absolute atomic E-state index is 0.0718. The zero-order valence-corrected chi connectivity index (χ0v) is 15.3. The molecule has 0 aliphatic rings. The van der Waals surface area contributed by atoms with Crippen LogP contribution in [0.3, 0.4) is 0 Å². The third kappa shape index (κ3) is 3.90. The van der Waals surface area contributed by atoms with Crippen molar-refractivity contribution in [1.29, 1.82) is 5.26 Å². The molecule has 0 aliphatic carbocycles. The number of nitriles is 1. The smallest absolute Gasteiger partial charge is 0.350 e. The zero-order chi connectivity index (χ0) is 18.5. The normalized spacial score (nSPS) is 11.2. The van der Waals surface area contributed by atoms with Crippen LogP contribution in [-0.2, 0) is 9.53 Å². The van der Waals surface area contributed by atoms with Crippen LogP contribution in [0.4, 0.5) is 5.69 Å². The maximum absolute atomic E-state index is 11.6. The van der Waals surface area contributed by atoms with Crippen molar-refractivity contribution in [2.75, 3.05) is 11.9 Å². The highest BCUT2D eigenvalue weighted by Gasteiger charge is 2.09. The summed E-state index contributed by atoms with van der Waals surface area (Å²) in [5.41, 5.74) is 3.92. The first-order valence-electron chi connectivity index (χ1n) is 8.12. The second-order valence-electron chi connectivity index (χ2n) is 5.60. The van der Waals surface area contributed by atoms with Gasteiger partial charge in [0, 0.05) is 17.5 Å². The minimum atomic E-state index is -0.635. The molecule has 0 amide bonds. The number of hydrogen-bond donors (Lipinski definition) is 1. The number of nitrogens with one attached hydrogen (secondary N) is 1. The average Bonchev–Trinajstić information content (AvgIpc) is 3.06. The lowest BCUT2D eigenvalue weighted by atomic mass is 10.2. The van der Waals surface area contributed by atoms with E-state index in [9.17, 15) is 4.79 Å². The van der Waals surface area contributed by atoms with Crippen molar-refractivity contribution in [1.82, 2.24) is 4.98 Å². The Balaban J connectivity index is 1.77. The van der Waals surface area contributed by atoms with E-state index in [4.69, 9.17) is 10.00 Å². The van der Waals surface area contributed by atoms with Gasteiger partial charge in [-0.05, 0) is 55.8 Å². The Morgan fingerprint density at radius 3 is 2.77 bits per heavy atom. The predicted molar refractivity (Wildman–Crippen MR) is 104 cm³/mol. The lowest BCUT2D eigenvalue weighted by molar-refractivity contribution is -0.138. The van der Waals surface area contributed by atoms with Gasteiger partial charge in [0.15, 0.2) is 5.57 Å². The summed E-state index contributed by atoms with van der Waals surface area (Å²) in [6.07, 6.45) is 1.35. The van der Waals surface area contributed by atoms with Crippen LogP contribution in [0.15, 0.2) is 54.2 Å². The van der Waals surface area contributed by atoms with Crippen molar-refractivity contribution >= 4 is 33.2 Å². The van der Waals surface area contributed by atoms with E-state index in [2.05, 4.69) is 29.4 Å². The summed E-state index contributed by atoms with van der Waals surface area (Å²) in [5.74, 6) is -0.635. The number of fused-ring (bicyclic) bond motifs is 1. The highest BCUT2D eigenvalue weighted by Crippen LogP contribution is 2.31. The first-order chi connectivity index (χ1) is 12.6. The molecule has 6 heteroatoms. The van der Waals surface area contributed by atoms with Crippen molar-refractivity contribution in [3.63, 3.8) is 0 Å². The lowest BCUT2D eigenvalue weighted by Crippen LogP contribution is -2.07. The Morgan fingerprint density at radius 2 is 2.08 bits per heavy atom. The largest absolute Gasteiger partial charge is 0.462 e. The van der Waals surface area contributed by atoms with E-state index in [-0.39, 0.29) is 12.2 Å². The van der Waals surface area contributed by atoms with Gasteiger partial charge in [0.1, 0.15) is 11.1 Å². The van der Waals surface area contributed by atoms with Gasteiger partial charge in [0.25, 0.3) is 0 Å². The quantitative estimate of drug-likeness (QED) is 0.405. The number of hydrogen-bond acceptors (Lipinski definition) is 6. The number of thiazole rings is 1. The van der Waals surface area contributed by atoms with Gasteiger partial charge < -0.3 is 10.1 Å². The molecule has 2 aromatic carbocycles. The molecule has 1 N–H and O–H groups in total. The third-order valence-corrected chi connectivity index (χ3v) is 4.74. The van der Waals surface area contributed by atoms with Gasteiger partial charge in [-0.2, -0.15) is 5.26 Å². The van der Waals surface area contributed by atoms with Gasteiger partial charge >= 0.3 is 5.97 Å². The Labute approximate surface area is 155 Å². The predicted octanol–water partition coefficient (Wildman–Crippen LogP) is 4.65. The molecule has 26 heavy (non-hydrogen) atoms. The van der Waals surface area contributed by atoms with Crippen LogP contribution in [0.5, 0.6) is 0 Å². The molecule has 0 bridgehead atoms. The van der Waals surface area contributed by atoms with Crippen LogP contribution in [0, 0.1) is 18.3 Å². The number of carbonyl (C=O) groups is 1. The average molecular weight is 363 g/mol. The lowest BCUT2D eigenvalue weighted by Gasteiger charge is -2.03. The van der Waals surface area contributed by atoms with Crippen LogP contribution in [-0.4, -0.2) is 17.6 Å². The fourth-order valence-corrected chi connectivity index (χ4v) is 3.43. The van der Waals surface area contributed by atoms with Crippen LogP contribution in [0.2, 0.25) is 0 Å². The van der Waals surface area contributed by atoms with E-state index in [1.54, 1.807) is 18.3 Å². The Bertz CT molecular complexity index is 1010. The number of aryl methyl sites for hydroxylation is 1. The first-order valence-corrected chi connectivity index (χ1v) is 8.94. The van der Waals surface area contributed by atoms with E-state index in [1.165, 1.54) is 16.5 Å². The van der Waals surface area contributed by atoms with Gasteiger partial charge in [0.05, 0.1) is 16.8 Å². The molecule has 0 spiro atoms. The third-order valence-electron chi connectivity index (χ3n) is 3.67. The van der Waals surface area contributed by atoms with Crippen molar-refractivity contribution < 1.29 is 9.53 Å². The Hall–Kier alpha value is -3.17. The summed E-state index contributed by atoms with van der Waals surface area (Å²) in [7, 11) is 0. The molecule has 0 atom stereocenters. The second kappa shape index (κ2) is 7.81. The molecule has 5 nitrogen and oxygen atoms in total. The number of ether oxygens (including phenoxy) is 1. The second-order valence-corrected chi connectivity index (χ2v) is 6.63. The van der Waals surface area contributed by atoms with Gasteiger partial charge in [-0.15, -0.1) is 11.3 Å². The molecule has 1 heterocycles. The number of anilines is 1. The summed E-state index contributed by atoms with van der Waals surface area (Å²) in [4.78, 5) is 16.3. The molecular weight excluding hydrogens is 346 g/mol. The molecule has 0 saturated heterocycles. The molecular formula is C20H17N3O2S. The van der Waals surface area contributed by atoms with Gasteiger partial charge in [-0.3, -0.25) is 0 Å². The first kappa shape index (κ1) is 17.6. The monoisotopic (exact) mass is 363 g/mol. The van der Waals surface area contributed by atoms with Gasteiger partial charge in [0.2, 0.25) is 0 Å². The van der Waals surface area contributed by atoms with Crippen LogP contribution < -0.4 is 5.32 Å². The van der Waals surface area contributed by atoms with Crippen molar-refractivity contribution in [2.45, 2.75) is 13.8 Å². The number of esters is 1. The minimum Gasteiger partial charge on any atom is -0.462 e. The topological polar surface area (TPSA) is 75.0 Å². The molecule has 130 valence electrons. The number of carbonyl (C=O) groups excluding carboxylic acids is 1. The standard InChI is InChI=1S/C20H17N3O2S/c1-3-25-20(24)15(11-21)12-22-16-7-5-14(6-8-16)19-23-17-9-4-13(2)10-18(17)26-19/h4-10,12,22H,3H2,1-2H3/b15-12+. The zero-order valence-electron chi connectivity index (χ0n) is 14.4. The van der Waals surface area contributed by atoms with E-state index < -0.39 is 5.97 Å². The fraction of sp³-hybridized carbons (Fsp3) is 0.150. The number of nitrogens with zero attached hydrogens (tertiary/aromatic N) is 2. The molecule has 3 aromatic rings. The molecule has 0 fully saturated rings. The maximum Gasteiger partial charge on any atom is 0.350 e. The Kier molecular flexibility index (Phi) is 5.30. The van der Waals surface area contributed by atoms with Crippen LogP contribution in [0.25, 0.3) is 20.8 Å². The van der Waals surface area contributed by atoms with E-state index in [1.807, 2.05) is 36.4 Å². The van der Waals surface area contributed by atoms with Crippen molar-refractivity contribution in [3.8, 4) is 16.6 Å². The number of benzene rings is 2. The summed E-state index contributed by atoms with van der Waals surface area (Å²) >= 11 is 1.65. The van der Waals surface area contributed by atoms with Crippen LogP contribution in [0.1, 0.15) is 12.5 Å². The highest BCUT2D eigenvalue weighted by molar-refractivity contribution is 7.21. The van der Waals surface area contributed by atoms with Gasteiger partial charge in [-0.1, -0.05) is 6.07 Å². The number of rotatable bonds is 5. The molecule has 0 saturated carbocycles. The maximum atomic E-state index is 11.6. The SMILES string of the molecule is CCOC(=O)/C(C#N)=C/Nc1ccc(-c2nc3ccc(C)cc3s2)cc1. The van der Waals surface area contributed by atoms with E-state index in [0.717, 1.165) is 21.8 Å². The molecule has 0 radical (unpaired) electrons. The Morgan fingerprint density at radius 1 is 1.31 bits per heavy atom.